The van der Waals surface area contributed by atoms with Crippen LogP contribution < -0.4 is 5.76 Å². The molecule has 7 heteroatoms. The van der Waals surface area contributed by atoms with E-state index in [2.05, 4.69) is 5.10 Å². The third-order valence-corrected chi connectivity index (χ3v) is 3.81. The maximum atomic E-state index is 13.6. The summed E-state index contributed by atoms with van der Waals surface area (Å²) >= 11 is 1.38. The molecule has 0 radical (unpaired) electrons. The molecule has 0 amide bonds. The van der Waals surface area contributed by atoms with Crippen LogP contribution in [0, 0.1) is 5.82 Å². The second kappa shape index (κ2) is 5.63. The smallest absolute Gasteiger partial charge is 0.387 e. The van der Waals surface area contributed by atoms with Crippen molar-refractivity contribution in [2.45, 2.75) is 12.6 Å². The lowest BCUT2D eigenvalue weighted by Gasteiger charge is -2.10. The molecule has 108 valence electrons. The molecule has 21 heavy (non-hydrogen) atoms. The Morgan fingerprint density at radius 2 is 2.14 bits per heavy atom. The highest BCUT2D eigenvalue weighted by Crippen LogP contribution is 2.22. The number of halogens is 1. The van der Waals surface area contributed by atoms with Crippen LogP contribution in [0.4, 0.5) is 4.39 Å². The Morgan fingerprint density at radius 1 is 1.33 bits per heavy atom. The van der Waals surface area contributed by atoms with Crippen LogP contribution in [0.15, 0.2) is 51.0 Å². The van der Waals surface area contributed by atoms with Crippen LogP contribution in [-0.2, 0) is 6.54 Å². The lowest BCUT2D eigenvalue weighted by molar-refractivity contribution is 0.144. The SMILES string of the molecule is O=c1oc(-c2cccs2)nn1C[C@@H](O)c1ccccc1F. The zero-order chi connectivity index (χ0) is 14.8. The zero-order valence-electron chi connectivity index (χ0n) is 10.8. The fourth-order valence-corrected chi connectivity index (χ4v) is 2.57. The Hall–Kier alpha value is -2.25. The van der Waals surface area contributed by atoms with E-state index < -0.39 is 17.7 Å². The van der Waals surface area contributed by atoms with Crippen molar-refractivity contribution in [1.29, 1.82) is 0 Å². The Labute approximate surface area is 122 Å². The molecule has 3 rings (SSSR count). The number of hydrogen-bond acceptors (Lipinski definition) is 5. The van der Waals surface area contributed by atoms with Crippen molar-refractivity contribution in [2.24, 2.45) is 0 Å². The third-order valence-electron chi connectivity index (χ3n) is 2.95. The first-order valence-corrected chi connectivity index (χ1v) is 7.07. The summed E-state index contributed by atoms with van der Waals surface area (Å²) in [7, 11) is 0. The minimum Gasteiger partial charge on any atom is -0.387 e. The monoisotopic (exact) mass is 306 g/mol. The van der Waals surface area contributed by atoms with Crippen molar-refractivity contribution in [3.8, 4) is 10.8 Å². The number of aliphatic hydroxyl groups excluding tert-OH is 1. The van der Waals surface area contributed by atoms with Gasteiger partial charge in [-0.25, -0.2) is 9.18 Å². The van der Waals surface area contributed by atoms with E-state index in [0.29, 0.717) is 4.88 Å². The van der Waals surface area contributed by atoms with Crippen LogP contribution in [0.5, 0.6) is 0 Å². The van der Waals surface area contributed by atoms with Crippen LogP contribution in [0.25, 0.3) is 10.8 Å². The summed E-state index contributed by atoms with van der Waals surface area (Å²) in [6.07, 6.45) is -1.18. The maximum absolute atomic E-state index is 13.6. The van der Waals surface area contributed by atoms with Crippen molar-refractivity contribution in [1.82, 2.24) is 9.78 Å². The first-order valence-electron chi connectivity index (χ1n) is 6.19. The molecule has 2 heterocycles. The quantitative estimate of drug-likeness (QED) is 0.804. The maximum Gasteiger partial charge on any atom is 0.437 e. The van der Waals surface area contributed by atoms with Gasteiger partial charge in [0, 0.05) is 5.56 Å². The van der Waals surface area contributed by atoms with E-state index in [1.165, 1.54) is 29.5 Å². The lowest BCUT2D eigenvalue weighted by atomic mass is 10.1. The van der Waals surface area contributed by atoms with Gasteiger partial charge in [-0.3, -0.25) is 0 Å². The molecule has 0 aliphatic carbocycles. The highest BCUT2D eigenvalue weighted by atomic mass is 32.1. The van der Waals surface area contributed by atoms with Gasteiger partial charge in [-0.2, -0.15) is 4.68 Å². The molecule has 0 saturated carbocycles. The molecule has 0 saturated heterocycles. The molecule has 2 aromatic heterocycles. The molecule has 0 fully saturated rings. The van der Waals surface area contributed by atoms with Crippen LogP contribution in [-0.4, -0.2) is 14.9 Å². The first kappa shape index (κ1) is 13.7. The molecular formula is C14H11FN2O3S. The molecule has 1 aromatic carbocycles. The van der Waals surface area contributed by atoms with Gasteiger partial charge >= 0.3 is 5.76 Å². The number of benzene rings is 1. The van der Waals surface area contributed by atoms with Gasteiger partial charge in [0.25, 0.3) is 5.89 Å². The zero-order valence-corrected chi connectivity index (χ0v) is 11.6. The fourth-order valence-electron chi connectivity index (χ4n) is 1.93. The number of hydrogen-bond donors (Lipinski definition) is 1. The minimum atomic E-state index is -1.18. The average molecular weight is 306 g/mol. The van der Waals surface area contributed by atoms with Crippen molar-refractivity contribution in [2.75, 3.05) is 0 Å². The second-order valence-electron chi connectivity index (χ2n) is 4.37. The summed E-state index contributed by atoms with van der Waals surface area (Å²) in [5.74, 6) is -1.02. The summed E-state index contributed by atoms with van der Waals surface area (Å²) in [6.45, 7) is -0.172. The number of rotatable bonds is 4. The Balaban J connectivity index is 1.86. The van der Waals surface area contributed by atoms with Crippen LogP contribution in [0.3, 0.4) is 0 Å². The molecule has 0 spiro atoms. The molecule has 1 atom stereocenters. The largest absolute Gasteiger partial charge is 0.437 e. The number of thiophene rings is 1. The summed E-state index contributed by atoms with van der Waals surface area (Å²) in [5, 5.41) is 15.9. The Morgan fingerprint density at radius 3 is 2.86 bits per heavy atom. The molecule has 1 N–H and O–H groups in total. The summed E-state index contributed by atoms with van der Waals surface area (Å²) < 4.78 is 19.6. The van der Waals surface area contributed by atoms with Gasteiger partial charge in [0.2, 0.25) is 0 Å². The summed E-state index contributed by atoms with van der Waals surface area (Å²) in [5.41, 5.74) is 0.116. The highest BCUT2D eigenvalue weighted by Gasteiger charge is 2.17. The van der Waals surface area contributed by atoms with Gasteiger partial charge in [0.05, 0.1) is 11.4 Å². The average Bonchev–Trinajstić information content (AvgIpc) is 3.10. The lowest BCUT2D eigenvalue weighted by Crippen LogP contribution is -2.20. The van der Waals surface area contributed by atoms with Crippen molar-refractivity contribution >= 4 is 11.3 Å². The van der Waals surface area contributed by atoms with E-state index in [4.69, 9.17) is 4.42 Å². The third kappa shape index (κ3) is 2.79. The molecule has 5 nitrogen and oxygen atoms in total. The first-order chi connectivity index (χ1) is 10.1. The van der Waals surface area contributed by atoms with Crippen molar-refractivity contribution < 1.29 is 13.9 Å². The van der Waals surface area contributed by atoms with Crippen LogP contribution in [0.1, 0.15) is 11.7 Å². The van der Waals surface area contributed by atoms with E-state index in [-0.39, 0.29) is 18.0 Å². The second-order valence-corrected chi connectivity index (χ2v) is 5.32. The topological polar surface area (TPSA) is 68.3 Å². The van der Waals surface area contributed by atoms with Gasteiger partial charge in [0.15, 0.2) is 0 Å². The van der Waals surface area contributed by atoms with Crippen LogP contribution in [0.2, 0.25) is 0 Å². The number of nitrogens with zero attached hydrogens (tertiary/aromatic N) is 2. The normalized spacial score (nSPS) is 12.5. The van der Waals surface area contributed by atoms with Gasteiger partial charge in [-0.1, -0.05) is 24.3 Å². The van der Waals surface area contributed by atoms with Gasteiger partial charge in [-0.05, 0) is 17.5 Å². The predicted octanol–water partition coefficient (Wildman–Crippen LogP) is 2.44. The van der Waals surface area contributed by atoms with E-state index in [9.17, 15) is 14.3 Å². The van der Waals surface area contributed by atoms with Gasteiger partial charge in [0.1, 0.15) is 11.9 Å². The van der Waals surface area contributed by atoms with E-state index in [1.807, 2.05) is 11.4 Å². The van der Waals surface area contributed by atoms with Gasteiger partial charge in [-0.15, -0.1) is 16.4 Å². The van der Waals surface area contributed by atoms with Crippen molar-refractivity contribution in [3.63, 3.8) is 0 Å². The minimum absolute atomic E-state index is 0.116. The number of aliphatic hydroxyl groups is 1. The molecule has 0 aliphatic heterocycles. The standard InChI is InChI=1S/C14H11FN2O3S/c15-10-5-2-1-4-9(10)11(18)8-17-14(19)20-13(16-17)12-6-3-7-21-12/h1-7,11,18H,8H2/t11-/m1/s1. The molecule has 3 aromatic rings. The van der Waals surface area contributed by atoms with E-state index >= 15 is 0 Å². The molecular weight excluding hydrogens is 295 g/mol. The highest BCUT2D eigenvalue weighted by molar-refractivity contribution is 7.13. The predicted molar refractivity (Wildman–Crippen MR) is 75.4 cm³/mol. The van der Waals surface area contributed by atoms with E-state index in [0.717, 1.165) is 4.68 Å². The fraction of sp³-hybridized carbons (Fsp3) is 0.143. The summed E-state index contributed by atoms with van der Waals surface area (Å²) in [4.78, 5) is 12.4. The molecule has 0 unspecified atom stereocenters. The molecule has 0 aliphatic rings. The van der Waals surface area contributed by atoms with Crippen LogP contribution >= 0.6 is 11.3 Å². The Kier molecular flexibility index (Phi) is 3.68. The molecule has 0 bridgehead atoms. The number of aromatic nitrogens is 2. The van der Waals surface area contributed by atoms with Gasteiger partial charge < -0.3 is 9.52 Å². The summed E-state index contributed by atoms with van der Waals surface area (Å²) in [6, 6.07) is 9.44. The van der Waals surface area contributed by atoms with Crippen molar-refractivity contribution in [3.05, 3.63) is 63.7 Å². The van der Waals surface area contributed by atoms with E-state index in [1.54, 1.807) is 12.1 Å². The Bertz CT molecular complexity index is 795.